The molecule has 0 amide bonds. The van der Waals surface area contributed by atoms with Crippen LogP contribution in [-0.2, 0) is 0 Å². The number of fused-ring (bicyclic) bond motifs is 3. The van der Waals surface area contributed by atoms with E-state index in [-0.39, 0.29) is 6.04 Å². The summed E-state index contributed by atoms with van der Waals surface area (Å²) in [5.41, 5.74) is 3.91. The summed E-state index contributed by atoms with van der Waals surface area (Å²) in [4.78, 5) is 0. The average molecular weight is 455 g/mol. The maximum absolute atomic E-state index is 6.53. The first-order valence-electron chi connectivity index (χ1n) is 9.87. The van der Waals surface area contributed by atoms with Crippen LogP contribution in [0.25, 0.3) is 0 Å². The molecule has 0 bridgehead atoms. The van der Waals surface area contributed by atoms with E-state index in [1.165, 1.54) is 0 Å². The smallest absolute Gasteiger partial charge is 0.213 e. The van der Waals surface area contributed by atoms with Crippen molar-refractivity contribution in [3.8, 4) is 17.2 Å². The van der Waals surface area contributed by atoms with Crippen molar-refractivity contribution >= 4 is 28.9 Å². The molecule has 31 heavy (non-hydrogen) atoms. The summed E-state index contributed by atoms with van der Waals surface area (Å²) in [7, 11) is 3.30. The number of nitrogens with zero attached hydrogens (tertiary/aromatic N) is 2. The molecule has 2 aliphatic rings. The van der Waals surface area contributed by atoms with Crippen molar-refractivity contribution < 1.29 is 14.2 Å². The second-order valence-corrected chi connectivity index (χ2v) is 8.27. The quantitative estimate of drug-likeness (QED) is 0.466. The lowest BCUT2D eigenvalue weighted by molar-refractivity contribution is -0.0189. The second kappa shape index (κ2) is 7.98. The Morgan fingerprint density at radius 1 is 0.935 bits per heavy atom. The summed E-state index contributed by atoms with van der Waals surface area (Å²) < 4.78 is 17.0. The van der Waals surface area contributed by atoms with Crippen molar-refractivity contribution in [3.05, 3.63) is 87.4 Å². The molecule has 0 saturated heterocycles. The van der Waals surface area contributed by atoms with E-state index < -0.39 is 6.23 Å². The van der Waals surface area contributed by atoms with Gasteiger partial charge in [0.1, 0.15) is 17.2 Å². The van der Waals surface area contributed by atoms with Gasteiger partial charge >= 0.3 is 0 Å². The van der Waals surface area contributed by atoms with E-state index >= 15 is 0 Å². The van der Waals surface area contributed by atoms with Gasteiger partial charge in [-0.2, -0.15) is 5.10 Å². The van der Waals surface area contributed by atoms with E-state index in [1.807, 2.05) is 59.6 Å². The number of halogens is 2. The van der Waals surface area contributed by atoms with Gasteiger partial charge in [-0.3, -0.25) is 0 Å². The van der Waals surface area contributed by atoms with Gasteiger partial charge in [0.25, 0.3) is 0 Å². The Morgan fingerprint density at radius 3 is 2.23 bits per heavy atom. The van der Waals surface area contributed by atoms with Crippen LogP contribution in [0.15, 0.2) is 65.8 Å². The maximum atomic E-state index is 6.53. The van der Waals surface area contributed by atoms with E-state index in [1.54, 1.807) is 20.3 Å². The molecule has 2 aliphatic heterocycles. The van der Waals surface area contributed by atoms with Crippen LogP contribution in [0.1, 0.15) is 35.4 Å². The number of ether oxygens (including phenoxy) is 3. The first-order chi connectivity index (χ1) is 15.1. The molecule has 0 aromatic heterocycles. The van der Waals surface area contributed by atoms with E-state index in [9.17, 15) is 0 Å². The molecule has 0 saturated carbocycles. The Hall–Kier alpha value is -2.89. The highest BCUT2D eigenvalue weighted by atomic mass is 35.5. The first kappa shape index (κ1) is 20.0. The van der Waals surface area contributed by atoms with Crippen LogP contribution in [-0.4, -0.2) is 24.9 Å². The third-order valence-corrected chi connectivity index (χ3v) is 6.13. The standard InChI is InChI=1S/C24H20Cl2N2O3/c1-29-17-7-3-14(4-8-17)21-13-22-19-11-16(25)12-20(26)23(19)31-24(28(22)27-21)15-5-9-18(30-2)10-6-15/h3-12,22,24H,13H2,1-2H3. The van der Waals surface area contributed by atoms with Gasteiger partial charge in [-0.15, -0.1) is 0 Å². The summed E-state index contributed by atoms with van der Waals surface area (Å²) in [5, 5.41) is 8.03. The van der Waals surface area contributed by atoms with Crippen LogP contribution in [0, 0.1) is 0 Å². The number of methoxy groups -OCH3 is 2. The highest BCUT2D eigenvalue weighted by Gasteiger charge is 2.42. The number of benzene rings is 3. The Labute approximate surface area is 190 Å². The predicted octanol–water partition coefficient (Wildman–Crippen LogP) is 6.25. The van der Waals surface area contributed by atoms with Crippen LogP contribution < -0.4 is 14.2 Å². The minimum absolute atomic E-state index is 0.0378. The lowest BCUT2D eigenvalue weighted by Gasteiger charge is -2.38. The van der Waals surface area contributed by atoms with Gasteiger partial charge in [0.05, 0.1) is 31.0 Å². The molecule has 0 N–H and O–H groups in total. The SMILES string of the molecule is COc1ccc(C2=NN3C(C2)c2cc(Cl)cc(Cl)c2OC3c2ccc(OC)cc2)cc1. The number of hydrogen-bond donors (Lipinski definition) is 0. The molecule has 5 rings (SSSR count). The Bertz CT molecular complexity index is 1150. The highest BCUT2D eigenvalue weighted by molar-refractivity contribution is 6.35. The van der Waals surface area contributed by atoms with Crippen molar-refractivity contribution in [1.82, 2.24) is 5.01 Å². The molecule has 3 aromatic rings. The molecular weight excluding hydrogens is 435 g/mol. The lowest BCUT2D eigenvalue weighted by atomic mass is 9.96. The maximum Gasteiger partial charge on any atom is 0.213 e. The van der Waals surface area contributed by atoms with Gasteiger partial charge in [-0.1, -0.05) is 23.2 Å². The van der Waals surface area contributed by atoms with Gasteiger partial charge in [-0.05, 0) is 66.2 Å². The Balaban J connectivity index is 1.58. The Kier molecular flexibility index (Phi) is 5.16. The average Bonchev–Trinajstić information content (AvgIpc) is 3.25. The van der Waals surface area contributed by atoms with E-state index in [4.69, 9.17) is 42.5 Å². The molecule has 2 unspecified atom stereocenters. The zero-order valence-corrected chi connectivity index (χ0v) is 18.5. The summed E-state index contributed by atoms with van der Waals surface area (Å²) in [5.74, 6) is 2.24. The van der Waals surface area contributed by atoms with Gasteiger partial charge in [0.15, 0.2) is 0 Å². The van der Waals surface area contributed by atoms with E-state index in [0.29, 0.717) is 22.2 Å². The summed E-state index contributed by atoms with van der Waals surface area (Å²) in [6.07, 6.45) is 0.296. The van der Waals surface area contributed by atoms with E-state index in [2.05, 4.69) is 0 Å². The van der Waals surface area contributed by atoms with Crippen molar-refractivity contribution in [2.75, 3.05) is 14.2 Å². The molecule has 0 radical (unpaired) electrons. The van der Waals surface area contributed by atoms with Crippen molar-refractivity contribution in [2.45, 2.75) is 18.7 Å². The fourth-order valence-corrected chi connectivity index (χ4v) is 4.61. The van der Waals surface area contributed by atoms with Crippen LogP contribution in [0.5, 0.6) is 17.2 Å². The summed E-state index contributed by atoms with van der Waals surface area (Å²) >= 11 is 12.8. The third-order valence-electron chi connectivity index (χ3n) is 5.63. The van der Waals surface area contributed by atoms with Gasteiger partial charge in [0.2, 0.25) is 6.23 Å². The summed E-state index contributed by atoms with van der Waals surface area (Å²) in [6, 6.07) is 19.3. The van der Waals surface area contributed by atoms with E-state index in [0.717, 1.165) is 33.9 Å². The monoisotopic (exact) mass is 454 g/mol. The van der Waals surface area contributed by atoms with Crippen LogP contribution in [0.4, 0.5) is 0 Å². The van der Waals surface area contributed by atoms with Crippen LogP contribution >= 0.6 is 23.2 Å². The third kappa shape index (κ3) is 3.58. The molecule has 3 aromatic carbocycles. The van der Waals surface area contributed by atoms with Crippen molar-refractivity contribution in [3.63, 3.8) is 0 Å². The van der Waals surface area contributed by atoms with Gasteiger partial charge < -0.3 is 14.2 Å². The molecule has 158 valence electrons. The van der Waals surface area contributed by atoms with Crippen LogP contribution in [0.3, 0.4) is 0 Å². The zero-order chi connectivity index (χ0) is 21.5. The molecule has 2 heterocycles. The minimum atomic E-state index is -0.419. The zero-order valence-electron chi connectivity index (χ0n) is 17.0. The normalized spacial score (nSPS) is 19.2. The number of rotatable bonds is 4. The molecule has 0 fully saturated rings. The molecule has 2 atom stereocenters. The second-order valence-electron chi connectivity index (χ2n) is 7.42. The van der Waals surface area contributed by atoms with Crippen molar-refractivity contribution in [2.24, 2.45) is 5.10 Å². The Morgan fingerprint density at radius 2 is 1.58 bits per heavy atom. The number of hydrazone groups is 1. The largest absolute Gasteiger partial charge is 0.497 e. The minimum Gasteiger partial charge on any atom is -0.497 e. The van der Waals surface area contributed by atoms with Gasteiger partial charge in [0, 0.05) is 22.6 Å². The lowest BCUT2D eigenvalue weighted by Crippen LogP contribution is -2.33. The fourth-order valence-electron chi connectivity index (χ4n) is 4.06. The highest BCUT2D eigenvalue weighted by Crippen LogP contribution is 2.50. The van der Waals surface area contributed by atoms with Crippen LogP contribution in [0.2, 0.25) is 10.0 Å². The summed E-state index contributed by atoms with van der Waals surface area (Å²) in [6.45, 7) is 0. The predicted molar refractivity (Wildman–Crippen MR) is 122 cm³/mol. The fraction of sp³-hybridized carbons (Fsp3) is 0.208. The molecular formula is C24H20Cl2N2O3. The molecule has 0 spiro atoms. The molecule has 0 aliphatic carbocycles. The molecule has 5 nitrogen and oxygen atoms in total. The topological polar surface area (TPSA) is 43.3 Å². The molecule has 7 heteroatoms. The van der Waals surface area contributed by atoms with Gasteiger partial charge in [-0.25, -0.2) is 5.01 Å². The first-order valence-corrected chi connectivity index (χ1v) is 10.6. The number of hydrogen-bond acceptors (Lipinski definition) is 5. The van der Waals surface area contributed by atoms with Crippen molar-refractivity contribution in [1.29, 1.82) is 0 Å².